The van der Waals surface area contributed by atoms with Crippen LogP contribution in [0.2, 0.25) is 0 Å². The topological polar surface area (TPSA) is 101 Å². The number of fused-ring (bicyclic) bond motifs is 1. The number of carboxylic acids is 1. The van der Waals surface area contributed by atoms with Gasteiger partial charge in [-0.05, 0) is 6.42 Å². The Kier molecular flexibility index (Phi) is 3.69. The Morgan fingerprint density at radius 1 is 1.58 bits per heavy atom. The molecule has 1 saturated heterocycles. The van der Waals surface area contributed by atoms with Crippen LogP contribution in [-0.4, -0.2) is 44.8 Å². The van der Waals surface area contributed by atoms with Crippen molar-refractivity contribution in [1.82, 2.24) is 4.90 Å². The molecule has 2 heterocycles. The van der Waals surface area contributed by atoms with Gasteiger partial charge in [-0.15, -0.1) is 11.8 Å². The van der Waals surface area contributed by atoms with Gasteiger partial charge in [0.1, 0.15) is 17.1 Å². The second-order valence-electron chi connectivity index (χ2n) is 4.74. The van der Waals surface area contributed by atoms with Crippen LogP contribution in [0.15, 0.2) is 11.3 Å². The Morgan fingerprint density at radius 3 is 2.74 bits per heavy atom. The SMILES string of the molecule is CCC(C)C(=O)C1=C(C(=O)O)N2C(=O)C(N)[C@@H]2SC1. The molecule has 19 heavy (non-hydrogen) atoms. The predicted molar refractivity (Wildman–Crippen MR) is 70.2 cm³/mol. The largest absolute Gasteiger partial charge is 0.477 e. The van der Waals surface area contributed by atoms with Gasteiger partial charge < -0.3 is 10.8 Å². The molecule has 3 atom stereocenters. The molecule has 6 nitrogen and oxygen atoms in total. The van der Waals surface area contributed by atoms with E-state index in [9.17, 15) is 19.5 Å². The van der Waals surface area contributed by atoms with Gasteiger partial charge in [0.2, 0.25) is 5.91 Å². The normalized spacial score (nSPS) is 27.7. The van der Waals surface area contributed by atoms with Crippen molar-refractivity contribution in [2.24, 2.45) is 11.7 Å². The fraction of sp³-hybridized carbons (Fsp3) is 0.583. The average molecular weight is 284 g/mol. The summed E-state index contributed by atoms with van der Waals surface area (Å²) in [6, 6.07) is -0.667. The molecule has 0 aromatic heterocycles. The fourth-order valence-corrected chi connectivity index (χ4v) is 3.49. The third-order valence-corrected chi connectivity index (χ3v) is 4.87. The van der Waals surface area contributed by atoms with Crippen LogP contribution >= 0.6 is 11.8 Å². The summed E-state index contributed by atoms with van der Waals surface area (Å²) >= 11 is 1.35. The number of Topliss-reactive ketones (excluding diaryl/α,β-unsaturated/α-hetero) is 1. The second-order valence-corrected chi connectivity index (χ2v) is 5.85. The van der Waals surface area contributed by atoms with E-state index in [1.54, 1.807) is 6.92 Å². The average Bonchev–Trinajstić information content (AvgIpc) is 2.42. The third-order valence-electron chi connectivity index (χ3n) is 3.57. The van der Waals surface area contributed by atoms with Crippen molar-refractivity contribution >= 4 is 29.4 Å². The first-order valence-electron chi connectivity index (χ1n) is 6.11. The number of amides is 1. The van der Waals surface area contributed by atoms with E-state index in [0.29, 0.717) is 12.2 Å². The van der Waals surface area contributed by atoms with Crippen LogP contribution in [0.3, 0.4) is 0 Å². The Hall–Kier alpha value is -1.34. The smallest absolute Gasteiger partial charge is 0.353 e. The van der Waals surface area contributed by atoms with Crippen LogP contribution in [-0.2, 0) is 14.4 Å². The minimum atomic E-state index is -1.24. The van der Waals surface area contributed by atoms with E-state index in [1.807, 2.05) is 6.92 Å². The summed E-state index contributed by atoms with van der Waals surface area (Å²) in [6.07, 6.45) is 0.636. The van der Waals surface area contributed by atoms with E-state index in [-0.39, 0.29) is 28.3 Å². The van der Waals surface area contributed by atoms with E-state index < -0.39 is 17.9 Å². The zero-order valence-electron chi connectivity index (χ0n) is 10.8. The lowest BCUT2D eigenvalue weighted by Gasteiger charge is -2.47. The molecule has 104 valence electrons. The summed E-state index contributed by atoms with van der Waals surface area (Å²) in [5.41, 5.74) is 5.68. The number of thioether (sulfide) groups is 1. The molecular formula is C12H16N2O4S. The van der Waals surface area contributed by atoms with Crippen molar-refractivity contribution < 1.29 is 19.5 Å². The highest BCUT2D eigenvalue weighted by atomic mass is 32.2. The molecule has 0 radical (unpaired) electrons. The van der Waals surface area contributed by atoms with Crippen molar-refractivity contribution in [3.63, 3.8) is 0 Å². The first-order chi connectivity index (χ1) is 8.90. The summed E-state index contributed by atoms with van der Waals surface area (Å²) in [7, 11) is 0. The Labute approximate surface area is 115 Å². The summed E-state index contributed by atoms with van der Waals surface area (Å²) in [5.74, 6) is -1.81. The zero-order chi connectivity index (χ0) is 14.3. The van der Waals surface area contributed by atoms with Gasteiger partial charge in [-0.3, -0.25) is 14.5 Å². The Bertz CT molecular complexity index is 488. The molecular weight excluding hydrogens is 268 g/mol. The minimum absolute atomic E-state index is 0.180. The molecule has 1 fully saturated rings. The molecule has 2 aliphatic heterocycles. The molecule has 2 aliphatic rings. The van der Waals surface area contributed by atoms with Gasteiger partial charge >= 0.3 is 5.97 Å². The lowest BCUT2D eigenvalue weighted by molar-refractivity contribution is -0.148. The summed E-state index contributed by atoms with van der Waals surface area (Å²) in [4.78, 5) is 36.4. The number of aliphatic carboxylic acids is 1. The van der Waals surface area contributed by atoms with Gasteiger partial charge in [0.25, 0.3) is 0 Å². The minimum Gasteiger partial charge on any atom is -0.477 e. The summed E-state index contributed by atoms with van der Waals surface area (Å²) in [5, 5.41) is 8.93. The standard InChI is InChI=1S/C12H16N2O4S/c1-3-5(2)9(15)6-4-19-11-7(13)10(16)14(11)8(6)12(17)18/h5,7,11H,3-4,13H2,1-2H3,(H,17,18)/t5?,7?,11-/m0/s1. The number of hydrogen-bond donors (Lipinski definition) is 2. The number of β-lactam (4-membered cyclic amide) rings is 1. The second kappa shape index (κ2) is 4.97. The molecule has 7 heteroatoms. The predicted octanol–water partition coefficient (Wildman–Crippen LogP) is 0.183. The lowest BCUT2D eigenvalue weighted by Crippen LogP contribution is -2.68. The molecule has 0 aromatic carbocycles. The molecule has 0 bridgehead atoms. The highest BCUT2D eigenvalue weighted by Gasteiger charge is 2.52. The zero-order valence-corrected chi connectivity index (χ0v) is 11.6. The maximum atomic E-state index is 12.2. The van der Waals surface area contributed by atoms with E-state index in [0.717, 1.165) is 4.90 Å². The Morgan fingerprint density at radius 2 is 2.21 bits per heavy atom. The van der Waals surface area contributed by atoms with Crippen LogP contribution < -0.4 is 5.73 Å². The van der Waals surface area contributed by atoms with Gasteiger partial charge in [0.15, 0.2) is 5.78 Å². The summed E-state index contributed by atoms with van der Waals surface area (Å²) < 4.78 is 0. The first kappa shape index (κ1) is 14.1. The van der Waals surface area contributed by atoms with E-state index in [2.05, 4.69) is 0 Å². The molecule has 2 rings (SSSR count). The number of ketones is 1. The van der Waals surface area contributed by atoms with Crippen LogP contribution in [0.5, 0.6) is 0 Å². The van der Waals surface area contributed by atoms with E-state index >= 15 is 0 Å². The van der Waals surface area contributed by atoms with Crippen LogP contribution in [0, 0.1) is 5.92 Å². The number of carboxylic acid groups (broad SMARTS) is 1. The lowest BCUT2D eigenvalue weighted by atomic mass is 9.94. The monoisotopic (exact) mass is 284 g/mol. The molecule has 0 aromatic rings. The summed E-state index contributed by atoms with van der Waals surface area (Å²) in [6.45, 7) is 3.63. The molecule has 3 N–H and O–H groups in total. The fourth-order valence-electron chi connectivity index (χ4n) is 2.19. The third kappa shape index (κ3) is 2.06. The number of nitrogens with two attached hydrogens (primary N) is 1. The molecule has 0 aliphatic carbocycles. The van der Waals surface area contributed by atoms with Gasteiger partial charge in [-0.2, -0.15) is 0 Å². The highest BCUT2D eigenvalue weighted by Crippen LogP contribution is 2.40. The van der Waals surface area contributed by atoms with Crippen molar-refractivity contribution in [3.8, 4) is 0 Å². The van der Waals surface area contributed by atoms with E-state index in [1.165, 1.54) is 11.8 Å². The van der Waals surface area contributed by atoms with Crippen LogP contribution in [0.25, 0.3) is 0 Å². The van der Waals surface area contributed by atoms with Crippen molar-refractivity contribution in [1.29, 1.82) is 0 Å². The van der Waals surface area contributed by atoms with Crippen molar-refractivity contribution in [2.75, 3.05) is 5.75 Å². The van der Waals surface area contributed by atoms with Gasteiger partial charge in [0.05, 0.1) is 0 Å². The Balaban J connectivity index is 2.41. The maximum absolute atomic E-state index is 12.2. The molecule has 2 unspecified atom stereocenters. The van der Waals surface area contributed by atoms with Crippen molar-refractivity contribution in [3.05, 3.63) is 11.3 Å². The van der Waals surface area contributed by atoms with Gasteiger partial charge in [0, 0.05) is 17.2 Å². The molecule has 0 spiro atoms. The number of rotatable bonds is 4. The molecule has 0 saturated carbocycles. The van der Waals surface area contributed by atoms with E-state index in [4.69, 9.17) is 5.73 Å². The number of nitrogens with zero attached hydrogens (tertiary/aromatic N) is 1. The number of carbonyl (C=O) groups is 3. The van der Waals surface area contributed by atoms with Crippen LogP contribution in [0.4, 0.5) is 0 Å². The number of carbonyl (C=O) groups excluding carboxylic acids is 2. The van der Waals surface area contributed by atoms with Gasteiger partial charge in [-0.25, -0.2) is 4.79 Å². The van der Waals surface area contributed by atoms with Crippen LogP contribution in [0.1, 0.15) is 20.3 Å². The number of hydrogen-bond acceptors (Lipinski definition) is 5. The highest BCUT2D eigenvalue weighted by molar-refractivity contribution is 8.00. The quantitative estimate of drug-likeness (QED) is 0.714. The van der Waals surface area contributed by atoms with Crippen molar-refractivity contribution in [2.45, 2.75) is 31.7 Å². The maximum Gasteiger partial charge on any atom is 0.353 e. The van der Waals surface area contributed by atoms with Gasteiger partial charge in [-0.1, -0.05) is 13.8 Å². The molecule has 1 amide bonds. The first-order valence-corrected chi connectivity index (χ1v) is 7.15.